The van der Waals surface area contributed by atoms with Crippen LogP contribution in [0, 0.1) is 0 Å². The van der Waals surface area contributed by atoms with Gasteiger partial charge in [-0.15, -0.1) is 0 Å². The molecule has 0 heterocycles. The number of carboxylic acid groups (broad SMARTS) is 1. The summed E-state index contributed by atoms with van der Waals surface area (Å²) in [5.74, 6) is -0.391. The third-order valence-corrected chi connectivity index (χ3v) is 4.57. The Hall–Kier alpha value is -3.02. The molecular weight excluding hydrogens is 399 g/mol. The summed E-state index contributed by atoms with van der Waals surface area (Å²) in [4.78, 5) is 11.2. The van der Waals surface area contributed by atoms with Crippen LogP contribution in [0.25, 0.3) is 0 Å². The summed E-state index contributed by atoms with van der Waals surface area (Å²) in [6.45, 7) is 0.239. The monoisotopic (exact) mass is 414 g/mol. The van der Waals surface area contributed by atoms with E-state index in [1.807, 2.05) is 18.2 Å². The number of halogens is 2. The Balaban J connectivity index is 1.67. The molecule has 5 nitrogen and oxygen atoms in total. The first kappa shape index (κ1) is 19.7. The molecule has 0 aromatic heterocycles. The van der Waals surface area contributed by atoms with Crippen LogP contribution in [0.15, 0.2) is 71.8 Å². The van der Waals surface area contributed by atoms with Crippen molar-refractivity contribution in [3.05, 3.63) is 93.5 Å². The first-order valence-electron chi connectivity index (χ1n) is 8.32. The standard InChI is InChI=1S/C21H16Cl2N2O3/c22-18-8-4-9-19(23)17(18)13-28-15-6-3-5-14(11-15)12-24-25-20-10-2-1-7-16(20)21(26)27/h1-12,25H,13H2,(H,26,27)/b24-12+. The maximum absolute atomic E-state index is 11.2. The van der Waals surface area contributed by atoms with Gasteiger partial charge >= 0.3 is 5.97 Å². The molecule has 7 heteroatoms. The Kier molecular flexibility index (Phi) is 6.53. The van der Waals surface area contributed by atoms with E-state index in [1.54, 1.807) is 48.7 Å². The molecule has 0 bridgehead atoms. The zero-order chi connectivity index (χ0) is 19.9. The largest absolute Gasteiger partial charge is 0.489 e. The summed E-state index contributed by atoms with van der Waals surface area (Å²) in [6.07, 6.45) is 1.58. The molecule has 3 aromatic rings. The van der Waals surface area contributed by atoms with Gasteiger partial charge in [0.25, 0.3) is 0 Å². The van der Waals surface area contributed by atoms with Crippen molar-refractivity contribution in [3.63, 3.8) is 0 Å². The first-order valence-corrected chi connectivity index (χ1v) is 9.07. The summed E-state index contributed by atoms with van der Waals surface area (Å²) >= 11 is 12.3. The zero-order valence-electron chi connectivity index (χ0n) is 14.6. The molecule has 2 N–H and O–H groups in total. The van der Waals surface area contributed by atoms with Crippen molar-refractivity contribution in [1.29, 1.82) is 0 Å². The number of rotatable bonds is 7. The van der Waals surface area contributed by atoms with Crippen LogP contribution in [0.4, 0.5) is 5.69 Å². The fourth-order valence-electron chi connectivity index (χ4n) is 2.45. The summed E-state index contributed by atoms with van der Waals surface area (Å²) in [6, 6.07) is 19.1. The van der Waals surface area contributed by atoms with E-state index in [2.05, 4.69) is 10.5 Å². The molecule has 0 aliphatic heterocycles. The minimum atomic E-state index is -1.02. The van der Waals surface area contributed by atoms with Crippen LogP contribution < -0.4 is 10.2 Å². The summed E-state index contributed by atoms with van der Waals surface area (Å²) in [5.41, 5.74) is 4.80. The highest BCUT2D eigenvalue weighted by atomic mass is 35.5. The van der Waals surface area contributed by atoms with E-state index in [0.717, 1.165) is 11.1 Å². The van der Waals surface area contributed by atoms with Gasteiger partial charge in [0.1, 0.15) is 12.4 Å². The molecule has 0 radical (unpaired) electrons. The number of anilines is 1. The number of benzene rings is 3. The van der Waals surface area contributed by atoms with Crippen molar-refractivity contribution in [2.75, 3.05) is 5.43 Å². The second kappa shape index (κ2) is 9.26. The number of nitrogens with one attached hydrogen (secondary N) is 1. The second-order valence-corrected chi connectivity index (χ2v) is 6.60. The summed E-state index contributed by atoms with van der Waals surface area (Å²) < 4.78 is 5.78. The fraction of sp³-hybridized carbons (Fsp3) is 0.0476. The molecule has 28 heavy (non-hydrogen) atoms. The lowest BCUT2D eigenvalue weighted by molar-refractivity contribution is 0.0698. The highest BCUT2D eigenvalue weighted by Crippen LogP contribution is 2.26. The second-order valence-electron chi connectivity index (χ2n) is 5.78. The number of hydrazone groups is 1. The Bertz CT molecular complexity index is 1000. The number of nitrogens with zero attached hydrogens (tertiary/aromatic N) is 1. The first-order chi connectivity index (χ1) is 13.5. The molecule has 0 fully saturated rings. The van der Waals surface area contributed by atoms with Crippen LogP contribution in [-0.2, 0) is 6.61 Å². The lowest BCUT2D eigenvalue weighted by atomic mass is 10.2. The van der Waals surface area contributed by atoms with Gasteiger partial charge in [-0.05, 0) is 42.0 Å². The Morgan fingerprint density at radius 3 is 2.50 bits per heavy atom. The van der Waals surface area contributed by atoms with Gasteiger partial charge in [0, 0.05) is 15.6 Å². The molecule has 0 amide bonds. The van der Waals surface area contributed by atoms with Gasteiger partial charge in [0.05, 0.1) is 17.5 Å². The van der Waals surface area contributed by atoms with Gasteiger partial charge in [0.15, 0.2) is 0 Å². The highest BCUT2D eigenvalue weighted by molar-refractivity contribution is 6.35. The lowest BCUT2D eigenvalue weighted by Crippen LogP contribution is -2.02. The zero-order valence-corrected chi connectivity index (χ0v) is 16.1. The number of para-hydroxylation sites is 1. The van der Waals surface area contributed by atoms with Crippen LogP contribution >= 0.6 is 23.2 Å². The van der Waals surface area contributed by atoms with E-state index in [9.17, 15) is 9.90 Å². The number of hydrogen-bond donors (Lipinski definition) is 2. The van der Waals surface area contributed by atoms with E-state index in [1.165, 1.54) is 6.07 Å². The van der Waals surface area contributed by atoms with E-state index in [4.69, 9.17) is 27.9 Å². The minimum Gasteiger partial charge on any atom is -0.489 e. The van der Waals surface area contributed by atoms with Crippen molar-refractivity contribution < 1.29 is 14.6 Å². The average Bonchev–Trinajstić information content (AvgIpc) is 2.68. The van der Waals surface area contributed by atoms with Gasteiger partial charge in [-0.2, -0.15) is 5.10 Å². The average molecular weight is 415 g/mol. The van der Waals surface area contributed by atoms with Crippen molar-refractivity contribution in [2.24, 2.45) is 5.10 Å². The van der Waals surface area contributed by atoms with Crippen LogP contribution in [0.2, 0.25) is 10.0 Å². The molecule has 0 saturated carbocycles. The van der Waals surface area contributed by atoms with Gasteiger partial charge < -0.3 is 9.84 Å². The van der Waals surface area contributed by atoms with Gasteiger partial charge in [0.2, 0.25) is 0 Å². The van der Waals surface area contributed by atoms with Crippen LogP contribution in [0.3, 0.4) is 0 Å². The topological polar surface area (TPSA) is 70.9 Å². The Labute approximate surface area is 172 Å². The number of aromatic carboxylic acids is 1. The minimum absolute atomic E-state index is 0.147. The number of ether oxygens (including phenoxy) is 1. The SMILES string of the molecule is O=C(O)c1ccccc1N/N=C/c1cccc(OCc2c(Cl)cccc2Cl)c1. The molecule has 3 rings (SSSR count). The van der Waals surface area contributed by atoms with Crippen LogP contribution in [0.1, 0.15) is 21.5 Å². The fourth-order valence-corrected chi connectivity index (χ4v) is 2.96. The van der Waals surface area contributed by atoms with Crippen molar-refractivity contribution in [2.45, 2.75) is 6.61 Å². The molecule has 0 spiro atoms. The Morgan fingerprint density at radius 1 is 1.04 bits per heavy atom. The maximum atomic E-state index is 11.2. The quantitative estimate of drug-likeness (QED) is 0.383. The van der Waals surface area contributed by atoms with E-state index in [0.29, 0.717) is 21.5 Å². The molecule has 0 saturated heterocycles. The number of hydrogen-bond acceptors (Lipinski definition) is 4. The third-order valence-electron chi connectivity index (χ3n) is 3.86. The Morgan fingerprint density at radius 2 is 1.75 bits per heavy atom. The van der Waals surface area contributed by atoms with E-state index >= 15 is 0 Å². The van der Waals surface area contributed by atoms with Crippen molar-refractivity contribution >= 4 is 41.1 Å². The molecule has 3 aromatic carbocycles. The van der Waals surface area contributed by atoms with E-state index < -0.39 is 5.97 Å². The van der Waals surface area contributed by atoms with Gasteiger partial charge in [-0.1, -0.05) is 53.5 Å². The molecule has 142 valence electrons. The predicted octanol–water partition coefficient (Wildman–Crippen LogP) is 5.72. The molecule has 0 aliphatic rings. The molecular formula is C21H16Cl2N2O3. The van der Waals surface area contributed by atoms with Crippen LogP contribution in [-0.4, -0.2) is 17.3 Å². The number of carboxylic acids is 1. The lowest BCUT2D eigenvalue weighted by Gasteiger charge is -2.10. The van der Waals surface area contributed by atoms with Crippen molar-refractivity contribution in [3.8, 4) is 5.75 Å². The molecule has 0 atom stereocenters. The maximum Gasteiger partial charge on any atom is 0.337 e. The number of carbonyl (C=O) groups is 1. The summed E-state index contributed by atoms with van der Waals surface area (Å²) in [7, 11) is 0. The molecule has 0 unspecified atom stereocenters. The van der Waals surface area contributed by atoms with Gasteiger partial charge in [-0.25, -0.2) is 4.79 Å². The van der Waals surface area contributed by atoms with Gasteiger partial charge in [-0.3, -0.25) is 5.43 Å². The molecule has 0 aliphatic carbocycles. The van der Waals surface area contributed by atoms with Crippen LogP contribution in [0.5, 0.6) is 5.75 Å². The third kappa shape index (κ3) is 5.03. The normalized spacial score (nSPS) is 10.8. The smallest absolute Gasteiger partial charge is 0.337 e. The highest BCUT2D eigenvalue weighted by Gasteiger charge is 2.08. The predicted molar refractivity (Wildman–Crippen MR) is 112 cm³/mol. The summed E-state index contributed by atoms with van der Waals surface area (Å²) in [5, 5.41) is 14.4. The van der Waals surface area contributed by atoms with E-state index in [-0.39, 0.29) is 12.2 Å². The van der Waals surface area contributed by atoms with Crippen molar-refractivity contribution in [1.82, 2.24) is 0 Å².